The molecule has 1 aliphatic heterocycles. The van der Waals surface area contributed by atoms with E-state index in [4.69, 9.17) is 9.47 Å². The van der Waals surface area contributed by atoms with Gasteiger partial charge in [-0.1, -0.05) is 0 Å². The van der Waals surface area contributed by atoms with Gasteiger partial charge in [-0.2, -0.15) is 0 Å². The van der Waals surface area contributed by atoms with Crippen molar-refractivity contribution in [2.24, 2.45) is 0 Å². The second kappa shape index (κ2) is 9.27. The van der Waals surface area contributed by atoms with Crippen LogP contribution in [0.4, 0.5) is 0 Å². The normalized spacial score (nSPS) is 20.9. The molecule has 0 radical (unpaired) electrons. The molecule has 18 heavy (non-hydrogen) atoms. The lowest BCUT2D eigenvalue weighted by atomic mass is 10.2. The maximum absolute atomic E-state index is 11.7. The molecule has 6 heteroatoms. The number of piperazine rings is 1. The van der Waals surface area contributed by atoms with Crippen molar-refractivity contribution in [2.75, 3.05) is 60.2 Å². The molecule has 6 nitrogen and oxygen atoms in total. The fourth-order valence-corrected chi connectivity index (χ4v) is 2.03. The zero-order chi connectivity index (χ0) is 13.2. The zero-order valence-corrected chi connectivity index (χ0v) is 11.4. The maximum atomic E-state index is 11.7. The van der Waals surface area contributed by atoms with Gasteiger partial charge in [0, 0.05) is 53.6 Å². The Bertz CT molecular complexity index is 239. The van der Waals surface area contributed by atoms with Gasteiger partial charge in [-0.05, 0) is 6.42 Å². The van der Waals surface area contributed by atoms with Crippen LogP contribution >= 0.6 is 0 Å². The Hall–Kier alpha value is -0.690. The minimum absolute atomic E-state index is 0.0709. The SMILES string of the molecule is CNC(=O)C1CNCCN1CCOCCCOC. The summed E-state index contributed by atoms with van der Waals surface area (Å²) in [6, 6.07) is -0.0775. The Morgan fingerprint density at radius 1 is 1.44 bits per heavy atom. The standard InChI is InChI=1S/C12H25N3O3/c1-13-12(16)11-10-14-4-5-15(11)6-9-18-8-3-7-17-2/h11,14H,3-10H2,1-2H3,(H,13,16). The molecule has 0 spiro atoms. The Balaban J connectivity index is 2.19. The van der Waals surface area contributed by atoms with Gasteiger partial charge >= 0.3 is 0 Å². The zero-order valence-electron chi connectivity index (χ0n) is 11.4. The van der Waals surface area contributed by atoms with Gasteiger partial charge in [-0.3, -0.25) is 9.69 Å². The van der Waals surface area contributed by atoms with E-state index < -0.39 is 0 Å². The predicted molar refractivity (Wildman–Crippen MR) is 69.6 cm³/mol. The Kier molecular flexibility index (Phi) is 7.91. The quantitative estimate of drug-likeness (QED) is 0.551. The Morgan fingerprint density at radius 2 is 2.28 bits per heavy atom. The number of methoxy groups -OCH3 is 1. The van der Waals surface area contributed by atoms with Crippen LogP contribution in [0.25, 0.3) is 0 Å². The number of hydrogen-bond acceptors (Lipinski definition) is 5. The first-order valence-electron chi connectivity index (χ1n) is 6.52. The first-order valence-corrected chi connectivity index (χ1v) is 6.52. The fraction of sp³-hybridized carbons (Fsp3) is 0.917. The van der Waals surface area contributed by atoms with Crippen molar-refractivity contribution < 1.29 is 14.3 Å². The highest BCUT2D eigenvalue weighted by Gasteiger charge is 2.27. The van der Waals surface area contributed by atoms with Crippen LogP contribution in [0.1, 0.15) is 6.42 Å². The highest BCUT2D eigenvalue weighted by molar-refractivity contribution is 5.81. The summed E-state index contributed by atoms with van der Waals surface area (Å²) in [5.41, 5.74) is 0. The second-order valence-corrected chi connectivity index (χ2v) is 4.33. The number of carbonyl (C=O) groups excluding carboxylic acids is 1. The molecular formula is C12H25N3O3. The van der Waals surface area contributed by atoms with Crippen LogP contribution in [0, 0.1) is 0 Å². The van der Waals surface area contributed by atoms with Crippen LogP contribution in [0.15, 0.2) is 0 Å². The lowest BCUT2D eigenvalue weighted by Gasteiger charge is -2.34. The van der Waals surface area contributed by atoms with Crippen molar-refractivity contribution in [1.82, 2.24) is 15.5 Å². The highest BCUT2D eigenvalue weighted by atomic mass is 16.5. The minimum Gasteiger partial charge on any atom is -0.385 e. The van der Waals surface area contributed by atoms with Crippen LogP contribution in [0.5, 0.6) is 0 Å². The number of nitrogens with one attached hydrogen (secondary N) is 2. The van der Waals surface area contributed by atoms with E-state index in [0.29, 0.717) is 19.8 Å². The van der Waals surface area contributed by atoms with Gasteiger partial charge in [0.15, 0.2) is 0 Å². The molecule has 106 valence electrons. The third-order valence-electron chi connectivity index (χ3n) is 3.06. The molecule has 1 atom stereocenters. The van der Waals surface area contributed by atoms with E-state index in [1.54, 1.807) is 14.2 Å². The van der Waals surface area contributed by atoms with E-state index >= 15 is 0 Å². The van der Waals surface area contributed by atoms with Crippen molar-refractivity contribution in [2.45, 2.75) is 12.5 Å². The van der Waals surface area contributed by atoms with Crippen molar-refractivity contribution >= 4 is 5.91 Å². The molecule has 0 aliphatic carbocycles. The molecule has 1 aliphatic rings. The van der Waals surface area contributed by atoms with Gasteiger partial charge in [0.05, 0.1) is 6.61 Å². The molecule has 1 saturated heterocycles. The van der Waals surface area contributed by atoms with Crippen LogP contribution in [0.2, 0.25) is 0 Å². The van der Waals surface area contributed by atoms with Crippen LogP contribution in [0.3, 0.4) is 0 Å². The summed E-state index contributed by atoms with van der Waals surface area (Å²) in [6.07, 6.45) is 0.914. The van der Waals surface area contributed by atoms with Crippen LogP contribution in [-0.4, -0.2) is 77.0 Å². The van der Waals surface area contributed by atoms with Gasteiger partial charge in [-0.15, -0.1) is 0 Å². The van der Waals surface area contributed by atoms with E-state index in [-0.39, 0.29) is 11.9 Å². The molecule has 1 rings (SSSR count). The number of hydrogen-bond donors (Lipinski definition) is 2. The number of carbonyl (C=O) groups is 1. The maximum Gasteiger partial charge on any atom is 0.238 e. The summed E-state index contributed by atoms with van der Waals surface area (Å²) in [4.78, 5) is 13.9. The van der Waals surface area contributed by atoms with E-state index in [2.05, 4.69) is 15.5 Å². The average molecular weight is 259 g/mol. The lowest BCUT2D eigenvalue weighted by molar-refractivity contribution is -0.126. The van der Waals surface area contributed by atoms with Crippen LogP contribution in [-0.2, 0) is 14.3 Å². The average Bonchev–Trinajstić information content (AvgIpc) is 2.42. The lowest BCUT2D eigenvalue weighted by Crippen LogP contribution is -2.58. The summed E-state index contributed by atoms with van der Waals surface area (Å²) in [5.74, 6) is 0.0709. The van der Waals surface area contributed by atoms with Gasteiger partial charge in [0.2, 0.25) is 5.91 Å². The van der Waals surface area contributed by atoms with E-state index in [1.165, 1.54) is 0 Å². The molecule has 0 aromatic rings. The van der Waals surface area contributed by atoms with E-state index in [1.807, 2.05) is 0 Å². The fourth-order valence-electron chi connectivity index (χ4n) is 2.03. The first kappa shape index (κ1) is 15.4. The number of nitrogens with zero attached hydrogens (tertiary/aromatic N) is 1. The van der Waals surface area contributed by atoms with Gasteiger partial charge in [-0.25, -0.2) is 0 Å². The summed E-state index contributed by atoms with van der Waals surface area (Å²) < 4.78 is 10.5. The summed E-state index contributed by atoms with van der Waals surface area (Å²) >= 11 is 0. The molecule has 0 aromatic carbocycles. The van der Waals surface area contributed by atoms with Crippen molar-refractivity contribution in [3.63, 3.8) is 0 Å². The molecule has 1 amide bonds. The molecule has 1 unspecified atom stereocenters. The topological polar surface area (TPSA) is 62.8 Å². The van der Waals surface area contributed by atoms with Crippen molar-refractivity contribution in [3.8, 4) is 0 Å². The number of amides is 1. The third-order valence-corrected chi connectivity index (χ3v) is 3.06. The third kappa shape index (κ3) is 5.30. The largest absolute Gasteiger partial charge is 0.385 e. The molecule has 1 heterocycles. The molecular weight excluding hydrogens is 234 g/mol. The number of likely N-dealkylation sites (N-methyl/N-ethyl adjacent to an activating group) is 1. The Morgan fingerprint density at radius 3 is 3.00 bits per heavy atom. The van der Waals surface area contributed by atoms with Gasteiger partial charge in [0.25, 0.3) is 0 Å². The van der Waals surface area contributed by atoms with E-state index in [9.17, 15) is 4.79 Å². The number of rotatable bonds is 8. The monoisotopic (exact) mass is 259 g/mol. The molecule has 2 N–H and O–H groups in total. The summed E-state index contributed by atoms with van der Waals surface area (Å²) in [7, 11) is 3.37. The summed E-state index contributed by atoms with van der Waals surface area (Å²) in [6.45, 7) is 5.43. The van der Waals surface area contributed by atoms with Gasteiger partial charge < -0.3 is 20.1 Å². The van der Waals surface area contributed by atoms with Crippen LogP contribution < -0.4 is 10.6 Å². The second-order valence-electron chi connectivity index (χ2n) is 4.33. The van der Waals surface area contributed by atoms with Crippen molar-refractivity contribution in [1.29, 1.82) is 0 Å². The Labute approximate surface area is 109 Å². The van der Waals surface area contributed by atoms with Gasteiger partial charge in [0.1, 0.15) is 6.04 Å². The molecule has 0 aromatic heterocycles. The number of ether oxygens (including phenoxy) is 2. The predicted octanol–water partition coefficient (Wildman–Crippen LogP) is -0.941. The molecule has 0 bridgehead atoms. The molecule has 1 fully saturated rings. The molecule has 0 saturated carbocycles. The smallest absolute Gasteiger partial charge is 0.238 e. The first-order chi connectivity index (χ1) is 8.79. The van der Waals surface area contributed by atoms with E-state index in [0.717, 1.165) is 32.7 Å². The van der Waals surface area contributed by atoms with Crippen molar-refractivity contribution in [3.05, 3.63) is 0 Å². The summed E-state index contributed by atoms with van der Waals surface area (Å²) in [5, 5.41) is 5.94. The minimum atomic E-state index is -0.0775. The highest BCUT2D eigenvalue weighted by Crippen LogP contribution is 2.03.